The van der Waals surface area contributed by atoms with Gasteiger partial charge in [-0.15, -0.1) is 12.4 Å². The monoisotopic (exact) mass is 437 g/mol. The third-order valence-corrected chi connectivity index (χ3v) is 4.01. The van der Waals surface area contributed by atoms with Gasteiger partial charge in [0.05, 0.1) is 12.7 Å². The Kier molecular flexibility index (Phi) is 9.14. The van der Waals surface area contributed by atoms with Gasteiger partial charge in [-0.25, -0.2) is 4.79 Å². The number of phenolic OH excluding ortho intramolecular Hbond substituents is 1. The first-order valence-corrected chi connectivity index (χ1v) is 9.20. The summed E-state index contributed by atoms with van der Waals surface area (Å²) >= 11 is 0. The van der Waals surface area contributed by atoms with Gasteiger partial charge in [-0.05, 0) is 62.7 Å². The SMILES string of the molecule is COc1ccc(C(=O)Oc2ccc(C(CNC(C)(C)C)OC(C)=O)cc2O)cc1.Cl. The van der Waals surface area contributed by atoms with Crippen LogP contribution in [0.2, 0.25) is 0 Å². The molecule has 0 amide bonds. The molecule has 0 bridgehead atoms. The fourth-order valence-electron chi connectivity index (χ4n) is 2.53. The fraction of sp³-hybridized carbons (Fsp3) is 0.364. The average Bonchev–Trinajstić information content (AvgIpc) is 2.65. The van der Waals surface area contributed by atoms with Crippen LogP contribution in [-0.4, -0.2) is 36.2 Å². The Labute approximate surface area is 182 Å². The van der Waals surface area contributed by atoms with Crippen LogP contribution in [0.25, 0.3) is 0 Å². The average molecular weight is 438 g/mol. The summed E-state index contributed by atoms with van der Waals surface area (Å²) in [5, 5.41) is 13.6. The lowest BCUT2D eigenvalue weighted by Crippen LogP contribution is -2.39. The normalized spacial score (nSPS) is 11.8. The number of rotatable bonds is 7. The number of methoxy groups -OCH3 is 1. The van der Waals surface area contributed by atoms with Crippen molar-refractivity contribution in [2.24, 2.45) is 0 Å². The van der Waals surface area contributed by atoms with E-state index in [0.29, 0.717) is 23.4 Å². The minimum absolute atomic E-state index is 0. The lowest BCUT2D eigenvalue weighted by atomic mass is 10.1. The highest BCUT2D eigenvalue weighted by atomic mass is 35.5. The van der Waals surface area contributed by atoms with Crippen LogP contribution in [0.4, 0.5) is 0 Å². The summed E-state index contributed by atoms with van der Waals surface area (Å²) in [4.78, 5) is 23.8. The molecule has 0 heterocycles. The number of nitrogens with one attached hydrogen (secondary N) is 1. The predicted octanol–water partition coefficient (Wildman–Crippen LogP) is 4.03. The number of aromatic hydroxyl groups is 1. The zero-order valence-electron chi connectivity index (χ0n) is 17.7. The molecule has 1 unspecified atom stereocenters. The number of halogens is 1. The number of benzene rings is 2. The largest absolute Gasteiger partial charge is 0.504 e. The molecule has 0 spiro atoms. The molecule has 0 aliphatic heterocycles. The van der Waals surface area contributed by atoms with Gasteiger partial charge in [-0.1, -0.05) is 6.07 Å². The molecule has 0 saturated heterocycles. The number of phenols is 1. The van der Waals surface area contributed by atoms with Gasteiger partial charge in [0.1, 0.15) is 11.9 Å². The summed E-state index contributed by atoms with van der Waals surface area (Å²) in [6.45, 7) is 7.69. The first kappa shape index (κ1) is 25.3. The van der Waals surface area contributed by atoms with Crippen molar-refractivity contribution in [3.05, 3.63) is 53.6 Å². The van der Waals surface area contributed by atoms with E-state index in [1.54, 1.807) is 30.3 Å². The Hall–Kier alpha value is -2.77. The van der Waals surface area contributed by atoms with Gasteiger partial charge in [0, 0.05) is 19.0 Å². The third-order valence-electron chi connectivity index (χ3n) is 4.01. The van der Waals surface area contributed by atoms with Crippen molar-refractivity contribution in [3.63, 3.8) is 0 Å². The van der Waals surface area contributed by atoms with E-state index >= 15 is 0 Å². The molecule has 8 heteroatoms. The Morgan fingerprint density at radius 2 is 1.73 bits per heavy atom. The number of hydrogen-bond acceptors (Lipinski definition) is 7. The number of carbonyl (C=O) groups is 2. The summed E-state index contributed by atoms with van der Waals surface area (Å²) in [6.07, 6.45) is -0.594. The Morgan fingerprint density at radius 1 is 1.10 bits per heavy atom. The topological polar surface area (TPSA) is 94.1 Å². The lowest BCUT2D eigenvalue weighted by molar-refractivity contribution is -0.146. The standard InChI is InChI=1S/C22H27NO6.ClH/c1-14(24)28-20(13-23-22(2,3)4)16-8-11-19(18(25)12-16)29-21(26)15-6-9-17(27-5)10-7-15;/h6-12,20,23,25H,13H2,1-5H3;1H. The predicted molar refractivity (Wildman–Crippen MR) is 116 cm³/mol. The van der Waals surface area contributed by atoms with Crippen LogP contribution in [0.15, 0.2) is 42.5 Å². The Balaban J connectivity index is 0.00000450. The van der Waals surface area contributed by atoms with Crippen LogP contribution in [-0.2, 0) is 9.53 Å². The highest BCUT2D eigenvalue weighted by molar-refractivity contribution is 5.91. The second-order valence-electron chi connectivity index (χ2n) is 7.57. The highest BCUT2D eigenvalue weighted by Crippen LogP contribution is 2.31. The molecule has 0 aromatic heterocycles. The number of esters is 2. The van der Waals surface area contributed by atoms with E-state index in [9.17, 15) is 14.7 Å². The van der Waals surface area contributed by atoms with Crippen LogP contribution < -0.4 is 14.8 Å². The van der Waals surface area contributed by atoms with Crippen LogP contribution >= 0.6 is 12.4 Å². The van der Waals surface area contributed by atoms with Crippen molar-refractivity contribution in [2.45, 2.75) is 39.3 Å². The molecule has 2 aromatic carbocycles. The molecule has 2 aromatic rings. The van der Waals surface area contributed by atoms with Gasteiger partial charge < -0.3 is 24.6 Å². The molecule has 0 aliphatic carbocycles. The summed E-state index contributed by atoms with van der Waals surface area (Å²) in [6, 6.07) is 11.0. The van der Waals surface area contributed by atoms with Crippen molar-refractivity contribution in [1.29, 1.82) is 0 Å². The highest BCUT2D eigenvalue weighted by Gasteiger charge is 2.20. The first-order valence-electron chi connectivity index (χ1n) is 9.20. The Morgan fingerprint density at radius 3 is 2.23 bits per heavy atom. The summed E-state index contributed by atoms with van der Waals surface area (Å²) in [5.41, 5.74) is 0.731. The number of ether oxygens (including phenoxy) is 3. The fourth-order valence-corrected chi connectivity index (χ4v) is 2.53. The zero-order chi connectivity index (χ0) is 21.6. The van der Waals surface area contributed by atoms with E-state index in [-0.39, 0.29) is 29.4 Å². The van der Waals surface area contributed by atoms with Crippen molar-refractivity contribution in [3.8, 4) is 17.2 Å². The van der Waals surface area contributed by atoms with Gasteiger partial charge in [0.2, 0.25) is 0 Å². The van der Waals surface area contributed by atoms with E-state index in [1.807, 2.05) is 20.8 Å². The van der Waals surface area contributed by atoms with Crippen molar-refractivity contribution >= 4 is 24.3 Å². The zero-order valence-corrected chi connectivity index (χ0v) is 18.5. The first-order chi connectivity index (χ1) is 13.6. The summed E-state index contributed by atoms with van der Waals surface area (Å²) in [7, 11) is 1.53. The van der Waals surface area contributed by atoms with Gasteiger partial charge >= 0.3 is 11.9 Å². The maximum absolute atomic E-state index is 12.3. The summed E-state index contributed by atoms with van der Waals surface area (Å²) < 4.78 is 15.7. The molecule has 164 valence electrons. The van der Waals surface area contributed by atoms with Gasteiger partial charge in [0.15, 0.2) is 11.5 Å². The second-order valence-corrected chi connectivity index (χ2v) is 7.57. The third kappa shape index (κ3) is 7.57. The minimum atomic E-state index is -0.610. The van der Waals surface area contributed by atoms with Crippen LogP contribution in [0, 0.1) is 0 Å². The maximum atomic E-state index is 12.3. The van der Waals surface area contributed by atoms with Crippen LogP contribution in [0.1, 0.15) is 49.7 Å². The number of hydrogen-bond donors (Lipinski definition) is 2. The Bertz CT molecular complexity index is 861. The summed E-state index contributed by atoms with van der Waals surface area (Å²) in [5.74, 6) is -0.631. The van der Waals surface area contributed by atoms with Crippen LogP contribution in [0.5, 0.6) is 17.2 Å². The van der Waals surface area contributed by atoms with E-state index in [1.165, 1.54) is 26.2 Å². The molecular weight excluding hydrogens is 410 g/mol. The van der Waals surface area contributed by atoms with Crippen molar-refractivity contribution in [2.75, 3.05) is 13.7 Å². The van der Waals surface area contributed by atoms with E-state index < -0.39 is 18.0 Å². The van der Waals surface area contributed by atoms with E-state index in [2.05, 4.69) is 5.32 Å². The molecular formula is C22H28ClNO6. The maximum Gasteiger partial charge on any atom is 0.343 e. The molecule has 1 atom stereocenters. The molecule has 2 N–H and O–H groups in total. The molecule has 0 aliphatic rings. The number of carbonyl (C=O) groups excluding carboxylic acids is 2. The molecule has 0 radical (unpaired) electrons. The van der Waals surface area contributed by atoms with Gasteiger partial charge in [-0.2, -0.15) is 0 Å². The quantitative estimate of drug-likeness (QED) is 0.498. The van der Waals surface area contributed by atoms with Gasteiger partial charge in [0.25, 0.3) is 0 Å². The van der Waals surface area contributed by atoms with Crippen LogP contribution in [0.3, 0.4) is 0 Å². The van der Waals surface area contributed by atoms with Gasteiger partial charge in [-0.3, -0.25) is 4.79 Å². The smallest absolute Gasteiger partial charge is 0.343 e. The molecule has 0 fully saturated rings. The molecule has 30 heavy (non-hydrogen) atoms. The molecule has 7 nitrogen and oxygen atoms in total. The molecule has 2 rings (SSSR count). The van der Waals surface area contributed by atoms with Crippen molar-refractivity contribution in [1.82, 2.24) is 5.32 Å². The van der Waals surface area contributed by atoms with E-state index in [4.69, 9.17) is 14.2 Å². The minimum Gasteiger partial charge on any atom is -0.504 e. The van der Waals surface area contributed by atoms with Crippen molar-refractivity contribution < 1.29 is 28.9 Å². The molecule has 0 saturated carbocycles. The second kappa shape index (κ2) is 10.8. The lowest BCUT2D eigenvalue weighted by Gasteiger charge is -2.25. The van der Waals surface area contributed by atoms with E-state index in [0.717, 1.165) is 0 Å².